The number of hydrogen-bond donors (Lipinski definition) is 0. The third-order valence-corrected chi connectivity index (χ3v) is 3.85. The number of carbonyl (C=O) groups is 1. The third-order valence-electron chi connectivity index (χ3n) is 3.85. The van der Waals surface area contributed by atoms with Crippen molar-refractivity contribution in [1.29, 1.82) is 0 Å². The van der Waals surface area contributed by atoms with Crippen molar-refractivity contribution in [3.8, 4) is 28.3 Å². The zero-order valence-electron chi connectivity index (χ0n) is 16.4. The number of aromatic nitrogens is 2. The summed E-state index contributed by atoms with van der Waals surface area (Å²) in [5.41, 5.74) is 3.01. The molecule has 0 aliphatic carbocycles. The second-order valence-electron chi connectivity index (χ2n) is 6.30. The molecule has 2 aromatic carbocycles. The quantitative estimate of drug-likeness (QED) is 0.316. The predicted octanol–water partition coefficient (Wildman–Crippen LogP) is 6.04. The summed E-state index contributed by atoms with van der Waals surface area (Å²) in [5.74, 6) is 0.740. The van der Waals surface area contributed by atoms with Crippen LogP contribution >= 0.6 is 0 Å². The molecule has 0 saturated heterocycles. The largest absolute Gasteiger partial charge is 0.423 e. The summed E-state index contributed by atoms with van der Waals surface area (Å²) < 4.78 is 10.8. The van der Waals surface area contributed by atoms with Crippen LogP contribution < -0.4 is 4.74 Å². The second-order valence-corrected chi connectivity index (χ2v) is 6.30. The molecule has 0 N–H and O–H groups in total. The van der Waals surface area contributed by atoms with Crippen LogP contribution in [0.15, 0.2) is 89.7 Å². The van der Waals surface area contributed by atoms with Crippen molar-refractivity contribution in [3.05, 3.63) is 90.8 Å². The molecule has 4 aromatic rings. The van der Waals surface area contributed by atoms with Crippen molar-refractivity contribution in [2.24, 2.45) is 0 Å². The molecule has 2 heterocycles. The van der Waals surface area contributed by atoms with Crippen molar-refractivity contribution in [2.45, 2.75) is 20.3 Å². The summed E-state index contributed by atoms with van der Waals surface area (Å²) in [4.78, 5) is 15.9. The first-order chi connectivity index (χ1) is 14.2. The molecule has 0 aliphatic rings. The van der Waals surface area contributed by atoms with Crippen molar-refractivity contribution in [1.82, 2.24) is 10.1 Å². The van der Waals surface area contributed by atoms with E-state index in [9.17, 15) is 4.79 Å². The van der Waals surface area contributed by atoms with Crippen molar-refractivity contribution in [2.75, 3.05) is 0 Å². The minimum Gasteiger partial charge on any atom is -0.423 e. The lowest BCUT2D eigenvalue weighted by Crippen LogP contribution is -2.08. The smallest absolute Gasteiger partial charge is 0.343 e. The van der Waals surface area contributed by atoms with Crippen LogP contribution in [0.5, 0.6) is 5.75 Å². The molecule has 29 heavy (non-hydrogen) atoms. The minimum atomic E-state index is -0.423. The van der Waals surface area contributed by atoms with E-state index < -0.39 is 5.97 Å². The van der Waals surface area contributed by atoms with Crippen LogP contribution in [0.4, 0.5) is 0 Å². The number of nitrogens with zero attached hydrogens (tertiary/aromatic N) is 2. The third kappa shape index (κ3) is 5.39. The van der Waals surface area contributed by atoms with Gasteiger partial charge in [-0.05, 0) is 36.4 Å². The van der Waals surface area contributed by atoms with E-state index in [-0.39, 0.29) is 0 Å². The molecule has 5 nitrogen and oxygen atoms in total. The zero-order valence-corrected chi connectivity index (χ0v) is 16.4. The molecule has 0 amide bonds. The fourth-order valence-corrected chi connectivity index (χ4v) is 2.50. The van der Waals surface area contributed by atoms with Gasteiger partial charge in [-0.15, -0.1) is 0 Å². The Morgan fingerprint density at radius 2 is 1.55 bits per heavy atom. The van der Waals surface area contributed by atoms with Gasteiger partial charge in [0.1, 0.15) is 11.4 Å². The van der Waals surface area contributed by atoms with Crippen LogP contribution in [0.2, 0.25) is 0 Å². The van der Waals surface area contributed by atoms with Gasteiger partial charge in [0, 0.05) is 29.6 Å². The molecule has 0 radical (unpaired) electrons. The Kier molecular flexibility index (Phi) is 6.90. The molecule has 2 aromatic heterocycles. The number of rotatable bonds is 4. The number of carbonyl (C=O) groups excluding carboxylic acids is 1. The van der Waals surface area contributed by atoms with Crippen LogP contribution in [0.25, 0.3) is 22.6 Å². The lowest BCUT2D eigenvalue weighted by atomic mass is 10.1. The first-order valence-electron chi connectivity index (χ1n) is 9.46. The average molecular weight is 386 g/mol. The van der Waals surface area contributed by atoms with Gasteiger partial charge >= 0.3 is 5.97 Å². The number of hydrogen-bond acceptors (Lipinski definition) is 5. The Morgan fingerprint density at radius 1 is 0.897 bits per heavy atom. The van der Waals surface area contributed by atoms with Gasteiger partial charge in [0.2, 0.25) is 0 Å². The van der Waals surface area contributed by atoms with Gasteiger partial charge < -0.3 is 9.26 Å². The Morgan fingerprint density at radius 3 is 2.21 bits per heavy atom. The van der Waals surface area contributed by atoms with Gasteiger partial charge in [-0.3, -0.25) is 4.98 Å². The SMILES string of the molecule is CCC.O=C(Oc1ccc(-c2cc(-c3ccccc3)on2)cc1)c1ccncc1. The lowest BCUT2D eigenvalue weighted by Gasteiger charge is -2.04. The van der Waals surface area contributed by atoms with E-state index in [2.05, 4.69) is 24.0 Å². The molecule has 5 heteroatoms. The molecule has 0 aliphatic heterocycles. The van der Waals surface area contributed by atoms with Crippen molar-refractivity contribution in [3.63, 3.8) is 0 Å². The normalized spacial score (nSPS) is 10.0. The van der Waals surface area contributed by atoms with Crippen molar-refractivity contribution < 1.29 is 14.1 Å². The minimum absolute atomic E-state index is 0.423. The van der Waals surface area contributed by atoms with Gasteiger partial charge in [0.05, 0.1) is 5.56 Å². The van der Waals surface area contributed by atoms with Gasteiger partial charge in [-0.25, -0.2) is 4.79 Å². The maximum absolute atomic E-state index is 12.1. The van der Waals surface area contributed by atoms with E-state index in [1.807, 2.05) is 48.5 Å². The maximum Gasteiger partial charge on any atom is 0.343 e. The molecule has 0 spiro atoms. The predicted molar refractivity (Wildman–Crippen MR) is 113 cm³/mol. The van der Waals surface area contributed by atoms with E-state index >= 15 is 0 Å². The number of pyridine rings is 1. The fraction of sp³-hybridized carbons (Fsp3) is 0.125. The molecular formula is C24H22N2O3. The van der Waals surface area contributed by atoms with E-state index in [0.717, 1.165) is 16.8 Å². The van der Waals surface area contributed by atoms with Crippen LogP contribution in [-0.4, -0.2) is 16.1 Å². The maximum atomic E-state index is 12.1. The molecule has 4 rings (SSSR count). The van der Waals surface area contributed by atoms with E-state index in [1.165, 1.54) is 6.42 Å². The van der Waals surface area contributed by atoms with Crippen LogP contribution in [0.3, 0.4) is 0 Å². The molecule has 0 atom stereocenters. The highest BCUT2D eigenvalue weighted by Crippen LogP contribution is 2.27. The summed E-state index contributed by atoms with van der Waals surface area (Å²) in [6.07, 6.45) is 4.35. The fourth-order valence-electron chi connectivity index (χ4n) is 2.50. The highest BCUT2D eigenvalue weighted by molar-refractivity contribution is 5.90. The second kappa shape index (κ2) is 9.99. The van der Waals surface area contributed by atoms with Crippen molar-refractivity contribution >= 4 is 5.97 Å². The Balaban J connectivity index is 0.000000755. The topological polar surface area (TPSA) is 65.2 Å². The van der Waals surface area contributed by atoms with Crippen LogP contribution in [0, 0.1) is 0 Å². The Hall–Kier alpha value is -3.73. The number of ether oxygens (including phenoxy) is 1. The highest BCUT2D eigenvalue weighted by Gasteiger charge is 2.10. The first-order valence-corrected chi connectivity index (χ1v) is 9.46. The standard InChI is InChI=1S/C21H14N2O3.C3H8/c24-21(17-10-12-22-13-11-17)25-18-8-6-15(7-9-18)19-14-20(26-23-19)16-4-2-1-3-5-16;1-3-2/h1-14H;3H2,1-2H3. The summed E-state index contributed by atoms with van der Waals surface area (Å²) in [6, 6.07) is 22.0. The van der Waals surface area contributed by atoms with E-state index in [1.54, 1.807) is 36.7 Å². The summed E-state index contributed by atoms with van der Waals surface area (Å²) in [6.45, 7) is 4.25. The molecule has 0 fully saturated rings. The van der Waals surface area contributed by atoms with Gasteiger partial charge in [0.15, 0.2) is 5.76 Å². The van der Waals surface area contributed by atoms with Gasteiger partial charge in [0.25, 0.3) is 0 Å². The molecule has 0 bridgehead atoms. The highest BCUT2D eigenvalue weighted by atomic mass is 16.5. The number of esters is 1. The first kappa shape index (κ1) is 20.0. The molecule has 146 valence electrons. The average Bonchev–Trinajstić information content (AvgIpc) is 3.26. The molecule has 0 unspecified atom stereocenters. The van der Waals surface area contributed by atoms with Gasteiger partial charge in [-0.1, -0.05) is 55.8 Å². The summed E-state index contributed by atoms with van der Waals surface area (Å²) >= 11 is 0. The summed E-state index contributed by atoms with van der Waals surface area (Å²) in [7, 11) is 0. The molecule has 0 saturated carbocycles. The van der Waals surface area contributed by atoms with Gasteiger partial charge in [-0.2, -0.15) is 0 Å². The summed E-state index contributed by atoms with van der Waals surface area (Å²) in [5, 5.41) is 4.11. The Labute approximate surface area is 170 Å². The van der Waals surface area contributed by atoms with E-state index in [4.69, 9.17) is 9.26 Å². The number of benzene rings is 2. The monoisotopic (exact) mass is 386 g/mol. The van der Waals surface area contributed by atoms with E-state index in [0.29, 0.717) is 17.1 Å². The Bertz CT molecular complexity index is 1030. The molecular weight excluding hydrogens is 364 g/mol. The zero-order chi connectivity index (χ0) is 20.5. The lowest BCUT2D eigenvalue weighted by molar-refractivity contribution is 0.0734. The van der Waals surface area contributed by atoms with Crippen LogP contribution in [0.1, 0.15) is 30.6 Å². The van der Waals surface area contributed by atoms with Crippen LogP contribution in [-0.2, 0) is 0 Å².